The quantitative estimate of drug-likeness (QED) is 0.205. The maximum Gasteiger partial charge on any atom is 0.350 e. The molecule has 0 bridgehead atoms. The van der Waals surface area contributed by atoms with Gasteiger partial charge in [-0.2, -0.15) is 0 Å². The lowest BCUT2D eigenvalue weighted by atomic mass is 10.2. The molecule has 2 rings (SSSR count). The molecule has 0 radical (unpaired) electrons. The Balaban J connectivity index is 0.00000450. The molecule has 0 spiro atoms. The summed E-state index contributed by atoms with van der Waals surface area (Å²) in [6, 6.07) is 4.35. The Labute approximate surface area is 204 Å². The van der Waals surface area contributed by atoms with Crippen molar-refractivity contribution in [2.75, 3.05) is 33.8 Å². The number of nitrogens with zero attached hydrogens (tertiary/aromatic N) is 3. The first kappa shape index (κ1) is 26.8. The van der Waals surface area contributed by atoms with Crippen LogP contribution in [0, 0.1) is 6.92 Å². The predicted octanol–water partition coefficient (Wildman–Crippen LogP) is 4.23. The monoisotopic (exact) mass is 565 g/mol. The zero-order valence-electron chi connectivity index (χ0n) is 18.4. The molecule has 0 aromatic carbocycles. The number of hydrogen-bond acceptors (Lipinski definition) is 7. The Morgan fingerprint density at radius 2 is 2.10 bits per heavy atom. The van der Waals surface area contributed by atoms with Crippen LogP contribution in [0.1, 0.15) is 58.1 Å². The summed E-state index contributed by atoms with van der Waals surface area (Å²) in [5, 5.41) is 9.62. The average molecular weight is 566 g/mol. The van der Waals surface area contributed by atoms with Gasteiger partial charge in [0.1, 0.15) is 9.88 Å². The molecule has 0 aliphatic heterocycles. The second-order valence-electron chi connectivity index (χ2n) is 6.77. The molecule has 0 amide bonds. The zero-order chi connectivity index (χ0) is 21.4. The van der Waals surface area contributed by atoms with Gasteiger partial charge in [0, 0.05) is 11.4 Å². The van der Waals surface area contributed by atoms with Gasteiger partial charge in [0.05, 0.1) is 30.9 Å². The van der Waals surface area contributed by atoms with Gasteiger partial charge < -0.3 is 20.3 Å². The van der Waals surface area contributed by atoms with E-state index in [0.29, 0.717) is 23.7 Å². The van der Waals surface area contributed by atoms with Crippen molar-refractivity contribution in [2.24, 2.45) is 4.99 Å². The first-order valence-electron chi connectivity index (χ1n) is 9.76. The first-order chi connectivity index (χ1) is 13.9. The van der Waals surface area contributed by atoms with E-state index < -0.39 is 0 Å². The van der Waals surface area contributed by atoms with Gasteiger partial charge >= 0.3 is 5.97 Å². The molecule has 2 aromatic rings. The second-order valence-corrected chi connectivity index (χ2v) is 8.78. The molecule has 0 saturated carbocycles. The number of halogens is 1. The number of thiazole rings is 1. The van der Waals surface area contributed by atoms with Gasteiger partial charge in [-0.05, 0) is 53.2 Å². The number of thiophene rings is 1. The Bertz CT molecular complexity index is 808. The molecule has 30 heavy (non-hydrogen) atoms. The van der Waals surface area contributed by atoms with Crippen molar-refractivity contribution >= 4 is 58.6 Å². The number of nitrogens with one attached hydrogen (secondary N) is 2. The highest BCUT2D eigenvalue weighted by molar-refractivity contribution is 14.0. The van der Waals surface area contributed by atoms with E-state index in [1.165, 1.54) is 16.2 Å². The summed E-state index contributed by atoms with van der Waals surface area (Å²) in [7, 11) is 4.14. The Kier molecular flexibility index (Phi) is 11.8. The molecule has 0 saturated heterocycles. The maximum absolute atomic E-state index is 12.1. The standard InChI is InChI=1S/C20H31N5O2S2.HI/c1-7-21-20(22-12-15(25(5)6)16-10-9-11-28-16)24-14(4)18-23-13(3)17(29-18)19(26)27-8-2;/h9-11,14-15H,7-8,12H2,1-6H3,(H2,21,22,24);1H. The van der Waals surface area contributed by atoms with E-state index in [0.717, 1.165) is 17.5 Å². The van der Waals surface area contributed by atoms with E-state index in [4.69, 9.17) is 9.73 Å². The van der Waals surface area contributed by atoms with Crippen molar-refractivity contribution in [1.29, 1.82) is 0 Å². The van der Waals surface area contributed by atoms with E-state index in [-0.39, 0.29) is 42.0 Å². The smallest absolute Gasteiger partial charge is 0.350 e. The Morgan fingerprint density at radius 1 is 1.37 bits per heavy atom. The molecule has 2 atom stereocenters. The van der Waals surface area contributed by atoms with Crippen LogP contribution in [-0.4, -0.2) is 55.6 Å². The highest BCUT2D eigenvalue weighted by Gasteiger charge is 2.20. The fourth-order valence-electron chi connectivity index (χ4n) is 2.74. The van der Waals surface area contributed by atoms with Crippen molar-refractivity contribution in [3.8, 4) is 0 Å². The van der Waals surface area contributed by atoms with Crippen molar-refractivity contribution in [3.05, 3.63) is 38.0 Å². The third-order valence-corrected chi connectivity index (χ3v) is 6.55. The SMILES string of the molecule is CCNC(=NCC(c1cccs1)N(C)C)NC(C)c1nc(C)c(C(=O)OCC)s1.I. The van der Waals surface area contributed by atoms with E-state index in [2.05, 4.69) is 52.1 Å². The van der Waals surface area contributed by atoms with Crippen LogP contribution in [0.15, 0.2) is 22.5 Å². The summed E-state index contributed by atoms with van der Waals surface area (Å²) >= 11 is 3.11. The number of aryl methyl sites for hydroxylation is 1. The van der Waals surface area contributed by atoms with Crippen molar-refractivity contribution in [3.63, 3.8) is 0 Å². The number of likely N-dealkylation sites (N-methyl/N-ethyl adjacent to an activating group) is 1. The van der Waals surface area contributed by atoms with E-state index in [1.54, 1.807) is 18.3 Å². The minimum absolute atomic E-state index is 0. The van der Waals surface area contributed by atoms with Crippen LogP contribution in [0.25, 0.3) is 0 Å². The van der Waals surface area contributed by atoms with Crippen LogP contribution in [0.2, 0.25) is 0 Å². The molecule has 168 valence electrons. The molecule has 2 N–H and O–H groups in total. The van der Waals surface area contributed by atoms with E-state index in [9.17, 15) is 4.79 Å². The first-order valence-corrected chi connectivity index (χ1v) is 11.5. The average Bonchev–Trinajstić information content (AvgIpc) is 3.32. The van der Waals surface area contributed by atoms with Crippen LogP contribution in [0.5, 0.6) is 0 Å². The fraction of sp³-hybridized carbons (Fsp3) is 0.550. The Morgan fingerprint density at radius 3 is 2.67 bits per heavy atom. The van der Waals surface area contributed by atoms with Gasteiger partial charge in [0.15, 0.2) is 5.96 Å². The number of guanidine groups is 1. The highest BCUT2D eigenvalue weighted by atomic mass is 127. The minimum atomic E-state index is -0.314. The molecule has 0 aliphatic carbocycles. The number of rotatable bonds is 9. The van der Waals surface area contributed by atoms with E-state index >= 15 is 0 Å². The number of aliphatic imine (C=N–C) groups is 1. The number of esters is 1. The largest absolute Gasteiger partial charge is 0.462 e. The predicted molar refractivity (Wildman–Crippen MR) is 136 cm³/mol. The molecule has 2 aromatic heterocycles. The lowest BCUT2D eigenvalue weighted by Gasteiger charge is -2.22. The highest BCUT2D eigenvalue weighted by Crippen LogP contribution is 2.25. The molecule has 0 aliphatic rings. The van der Waals surface area contributed by atoms with Crippen LogP contribution >= 0.6 is 46.7 Å². The zero-order valence-corrected chi connectivity index (χ0v) is 22.4. The third kappa shape index (κ3) is 7.47. The summed E-state index contributed by atoms with van der Waals surface area (Å²) < 4.78 is 5.12. The number of ether oxygens (including phenoxy) is 1. The summed E-state index contributed by atoms with van der Waals surface area (Å²) in [5.74, 6) is 0.417. The fourth-order valence-corrected chi connectivity index (χ4v) is 4.62. The summed E-state index contributed by atoms with van der Waals surface area (Å²) in [4.78, 5) is 25.4. The van der Waals surface area contributed by atoms with Crippen LogP contribution < -0.4 is 10.6 Å². The minimum Gasteiger partial charge on any atom is -0.462 e. The van der Waals surface area contributed by atoms with Gasteiger partial charge in [-0.1, -0.05) is 6.07 Å². The topological polar surface area (TPSA) is 78.9 Å². The lowest BCUT2D eigenvalue weighted by molar-refractivity contribution is 0.0531. The maximum atomic E-state index is 12.1. The van der Waals surface area contributed by atoms with Gasteiger partial charge in [-0.25, -0.2) is 9.78 Å². The van der Waals surface area contributed by atoms with Crippen molar-refractivity contribution in [2.45, 2.75) is 39.8 Å². The molecular formula is C20H32IN5O2S2. The molecule has 2 unspecified atom stereocenters. The molecule has 0 fully saturated rings. The summed E-state index contributed by atoms with van der Waals surface area (Å²) in [5.41, 5.74) is 0.699. The Hall–Kier alpha value is -1.24. The summed E-state index contributed by atoms with van der Waals surface area (Å²) in [6.07, 6.45) is 0. The van der Waals surface area contributed by atoms with Crippen LogP contribution in [-0.2, 0) is 4.74 Å². The van der Waals surface area contributed by atoms with Crippen molar-refractivity contribution in [1.82, 2.24) is 20.5 Å². The number of carbonyl (C=O) groups is 1. The van der Waals surface area contributed by atoms with Gasteiger partial charge in [-0.3, -0.25) is 4.99 Å². The number of aromatic nitrogens is 1. The molecule has 7 nitrogen and oxygen atoms in total. The molecule has 10 heteroatoms. The molecule has 2 heterocycles. The van der Waals surface area contributed by atoms with Crippen LogP contribution in [0.3, 0.4) is 0 Å². The summed E-state index contributed by atoms with van der Waals surface area (Å²) in [6.45, 7) is 9.44. The van der Waals surface area contributed by atoms with Crippen molar-refractivity contribution < 1.29 is 9.53 Å². The van der Waals surface area contributed by atoms with Gasteiger partial charge in [0.25, 0.3) is 0 Å². The van der Waals surface area contributed by atoms with Gasteiger partial charge in [0.2, 0.25) is 0 Å². The third-order valence-electron chi connectivity index (χ3n) is 4.26. The van der Waals surface area contributed by atoms with Crippen LogP contribution in [0.4, 0.5) is 0 Å². The van der Waals surface area contributed by atoms with Gasteiger partial charge in [-0.15, -0.1) is 46.7 Å². The number of hydrogen-bond donors (Lipinski definition) is 2. The lowest BCUT2D eigenvalue weighted by Crippen LogP contribution is -2.39. The normalized spacial score (nSPS) is 13.5. The number of carbonyl (C=O) groups excluding carboxylic acids is 1. The van der Waals surface area contributed by atoms with E-state index in [1.807, 2.05) is 20.8 Å². The molecular weight excluding hydrogens is 533 g/mol. The second kappa shape index (κ2) is 13.2.